The van der Waals surface area contributed by atoms with Crippen molar-refractivity contribution in [1.29, 1.82) is 0 Å². The molecule has 0 saturated carbocycles. The summed E-state index contributed by atoms with van der Waals surface area (Å²) in [5.74, 6) is 0.441. The summed E-state index contributed by atoms with van der Waals surface area (Å²) in [6, 6.07) is 15.2. The molecule has 1 aromatic heterocycles. The van der Waals surface area contributed by atoms with E-state index in [0.717, 1.165) is 15.7 Å². The number of fused-ring (bicyclic) bond motifs is 1. The van der Waals surface area contributed by atoms with Crippen molar-refractivity contribution < 1.29 is 4.79 Å². The van der Waals surface area contributed by atoms with Gasteiger partial charge in [0.1, 0.15) is 0 Å². The van der Waals surface area contributed by atoms with Gasteiger partial charge in [-0.15, -0.1) is 11.8 Å². The highest BCUT2D eigenvalue weighted by atomic mass is 35.5. The second-order valence-corrected chi connectivity index (χ2v) is 5.97. The normalized spacial score (nSPS) is 10.7. The van der Waals surface area contributed by atoms with Crippen molar-refractivity contribution in [2.24, 2.45) is 0 Å². The fourth-order valence-corrected chi connectivity index (χ4v) is 3.26. The molecule has 104 valence electrons. The molecule has 0 atom stereocenters. The third-order valence-electron chi connectivity index (χ3n) is 3.18. The van der Waals surface area contributed by atoms with Crippen LogP contribution < -0.4 is 0 Å². The largest absolute Gasteiger partial charge is 0.293 e. The van der Waals surface area contributed by atoms with E-state index in [1.807, 2.05) is 48.5 Å². The smallest absolute Gasteiger partial charge is 0.173 e. The predicted octanol–water partition coefficient (Wildman–Crippen LogP) is 4.86. The van der Waals surface area contributed by atoms with Crippen LogP contribution in [-0.2, 0) is 0 Å². The Labute approximate surface area is 132 Å². The molecule has 4 heteroatoms. The number of Topliss-reactive ketones (excluding diaryl/α,β-unsaturated/α-hetero) is 1. The van der Waals surface area contributed by atoms with Crippen molar-refractivity contribution in [3.8, 4) is 0 Å². The minimum absolute atomic E-state index is 0.0820. The van der Waals surface area contributed by atoms with E-state index in [-0.39, 0.29) is 5.78 Å². The Bertz CT molecular complexity index is 798. The van der Waals surface area contributed by atoms with Gasteiger partial charge in [0, 0.05) is 28.2 Å². The van der Waals surface area contributed by atoms with Gasteiger partial charge in [-0.25, -0.2) is 0 Å². The lowest BCUT2D eigenvalue weighted by atomic mass is 10.0. The number of pyridine rings is 1. The van der Waals surface area contributed by atoms with Crippen LogP contribution >= 0.6 is 23.4 Å². The lowest BCUT2D eigenvalue weighted by Crippen LogP contribution is -2.03. The van der Waals surface area contributed by atoms with Crippen LogP contribution in [0.2, 0.25) is 5.02 Å². The molecular weight excluding hydrogens is 302 g/mol. The zero-order valence-corrected chi connectivity index (χ0v) is 12.7. The van der Waals surface area contributed by atoms with Gasteiger partial charge in [-0.1, -0.05) is 41.9 Å². The Hall–Kier alpha value is -1.84. The number of ketones is 1. The zero-order chi connectivity index (χ0) is 14.7. The quantitative estimate of drug-likeness (QED) is 0.509. The molecule has 3 rings (SSSR count). The summed E-state index contributed by atoms with van der Waals surface area (Å²) in [5, 5.41) is 2.60. The van der Waals surface area contributed by atoms with E-state index in [1.165, 1.54) is 11.8 Å². The van der Waals surface area contributed by atoms with E-state index in [1.54, 1.807) is 12.4 Å². The minimum atomic E-state index is 0.0820. The van der Waals surface area contributed by atoms with Crippen molar-refractivity contribution in [1.82, 2.24) is 4.98 Å². The van der Waals surface area contributed by atoms with Crippen LogP contribution in [-0.4, -0.2) is 16.5 Å². The summed E-state index contributed by atoms with van der Waals surface area (Å²) in [6.45, 7) is 0. The van der Waals surface area contributed by atoms with E-state index in [2.05, 4.69) is 4.98 Å². The molecule has 0 unspecified atom stereocenters. The first-order valence-electron chi connectivity index (χ1n) is 6.49. The van der Waals surface area contributed by atoms with E-state index in [4.69, 9.17) is 11.6 Å². The summed E-state index contributed by atoms with van der Waals surface area (Å²) in [6.07, 6.45) is 3.47. The number of carbonyl (C=O) groups excluding carboxylic acids is 1. The van der Waals surface area contributed by atoms with E-state index < -0.39 is 0 Å². The fourth-order valence-electron chi connectivity index (χ4n) is 2.14. The maximum atomic E-state index is 12.5. The molecule has 0 spiro atoms. The van der Waals surface area contributed by atoms with Gasteiger partial charge in [-0.3, -0.25) is 9.78 Å². The summed E-state index contributed by atoms with van der Waals surface area (Å²) in [7, 11) is 0. The van der Waals surface area contributed by atoms with Gasteiger partial charge in [-0.05, 0) is 23.6 Å². The van der Waals surface area contributed by atoms with Crippen molar-refractivity contribution in [2.45, 2.75) is 4.90 Å². The first kappa shape index (κ1) is 14.1. The van der Waals surface area contributed by atoms with Gasteiger partial charge in [0.2, 0.25) is 0 Å². The summed E-state index contributed by atoms with van der Waals surface area (Å²) in [4.78, 5) is 17.5. The number of halogens is 1. The lowest BCUT2D eigenvalue weighted by Gasteiger charge is -2.06. The molecule has 3 aromatic rings. The molecule has 2 aromatic carbocycles. The van der Waals surface area contributed by atoms with Gasteiger partial charge in [0.05, 0.1) is 10.8 Å². The number of nitrogens with zero attached hydrogens (tertiary/aromatic N) is 1. The molecule has 0 fully saturated rings. The Morgan fingerprint density at radius 3 is 2.81 bits per heavy atom. The van der Waals surface area contributed by atoms with Crippen LogP contribution in [0.1, 0.15) is 10.4 Å². The summed E-state index contributed by atoms with van der Waals surface area (Å²) in [5.41, 5.74) is 0.708. The SMILES string of the molecule is O=C(CSc1ccccc1Cl)c1cccc2ccncc12. The Kier molecular flexibility index (Phi) is 4.23. The fraction of sp³-hybridized carbons (Fsp3) is 0.0588. The second kappa shape index (κ2) is 6.29. The van der Waals surface area contributed by atoms with Crippen molar-refractivity contribution in [3.05, 3.63) is 71.5 Å². The minimum Gasteiger partial charge on any atom is -0.293 e. The average Bonchev–Trinajstić information content (AvgIpc) is 2.53. The molecule has 0 radical (unpaired) electrons. The van der Waals surface area contributed by atoms with E-state index in [0.29, 0.717) is 16.3 Å². The molecule has 0 aliphatic heterocycles. The molecule has 0 bridgehead atoms. The van der Waals surface area contributed by atoms with Gasteiger partial charge in [0.25, 0.3) is 0 Å². The average molecular weight is 314 g/mol. The van der Waals surface area contributed by atoms with Crippen LogP contribution in [0, 0.1) is 0 Å². The molecular formula is C17H12ClNOS. The van der Waals surface area contributed by atoms with Gasteiger partial charge >= 0.3 is 0 Å². The Balaban J connectivity index is 1.83. The van der Waals surface area contributed by atoms with Gasteiger partial charge in [-0.2, -0.15) is 0 Å². The predicted molar refractivity (Wildman–Crippen MR) is 88.2 cm³/mol. The van der Waals surface area contributed by atoms with Gasteiger partial charge < -0.3 is 0 Å². The molecule has 0 saturated heterocycles. The topological polar surface area (TPSA) is 30.0 Å². The standard InChI is InChI=1S/C17H12ClNOS/c18-15-6-1-2-7-17(15)21-11-16(20)13-5-3-4-12-8-9-19-10-14(12)13/h1-10H,11H2. The molecule has 1 heterocycles. The Morgan fingerprint density at radius 1 is 1.10 bits per heavy atom. The maximum absolute atomic E-state index is 12.5. The highest BCUT2D eigenvalue weighted by Crippen LogP contribution is 2.28. The number of rotatable bonds is 4. The number of carbonyl (C=O) groups is 1. The highest BCUT2D eigenvalue weighted by molar-refractivity contribution is 8.00. The van der Waals surface area contributed by atoms with Crippen LogP contribution in [0.5, 0.6) is 0 Å². The number of thioether (sulfide) groups is 1. The molecule has 21 heavy (non-hydrogen) atoms. The van der Waals surface area contributed by atoms with Crippen LogP contribution in [0.25, 0.3) is 10.8 Å². The maximum Gasteiger partial charge on any atom is 0.173 e. The van der Waals surface area contributed by atoms with Crippen LogP contribution in [0.3, 0.4) is 0 Å². The van der Waals surface area contributed by atoms with Crippen LogP contribution in [0.15, 0.2) is 65.8 Å². The first-order chi connectivity index (χ1) is 10.3. The first-order valence-corrected chi connectivity index (χ1v) is 7.85. The molecule has 0 N–H and O–H groups in total. The third kappa shape index (κ3) is 3.09. The number of aromatic nitrogens is 1. The monoisotopic (exact) mass is 313 g/mol. The molecule has 2 nitrogen and oxygen atoms in total. The zero-order valence-electron chi connectivity index (χ0n) is 11.1. The molecule has 0 aliphatic rings. The van der Waals surface area contributed by atoms with Crippen molar-refractivity contribution in [2.75, 3.05) is 5.75 Å². The number of benzene rings is 2. The highest BCUT2D eigenvalue weighted by Gasteiger charge is 2.11. The third-order valence-corrected chi connectivity index (χ3v) is 4.69. The lowest BCUT2D eigenvalue weighted by molar-refractivity contribution is 0.102. The molecule has 0 amide bonds. The summed E-state index contributed by atoms with van der Waals surface area (Å²) < 4.78 is 0. The van der Waals surface area contributed by atoms with E-state index >= 15 is 0 Å². The van der Waals surface area contributed by atoms with Crippen molar-refractivity contribution >= 4 is 39.9 Å². The van der Waals surface area contributed by atoms with Gasteiger partial charge in [0.15, 0.2) is 5.78 Å². The van der Waals surface area contributed by atoms with Crippen molar-refractivity contribution in [3.63, 3.8) is 0 Å². The number of hydrogen-bond donors (Lipinski definition) is 0. The Morgan fingerprint density at radius 2 is 1.95 bits per heavy atom. The van der Waals surface area contributed by atoms with Crippen LogP contribution in [0.4, 0.5) is 0 Å². The summed E-state index contributed by atoms with van der Waals surface area (Å²) >= 11 is 7.56. The van der Waals surface area contributed by atoms with E-state index in [9.17, 15) is 4.79 Å². The second-order valence-electron chi connectivity index (χ2n) is 4.54. The number of hydrogen-bond acceptors (Lipinski definition) is 3. The molecule has 0 aliphatic carbocycles.